The number of sulfone groups is 1. The maximum absolute atomic E-state index is 13.5. The number of rotatable bonds is 3. The predicted molar refractivity (Wildman–Crippen MR) is 77.4 cm³/mol. The van der Waals surface area contributed by atoms with Gasteiger partial charge in [0.2, 0.25) is 0 Å². The number of hydrogen-bond acceptors (Lipinski definition) is 5. The third-order valence-corrected chi connectivity index (χ3v) is 5.33. The van der Waals surface area contributed by atoms with Crippen molar-refractivity contribution in [3.05, 3.63) is 29.6 Å². The van der Waals surface area contributed by atoms with Gasteiger partial charge < -0.3 is 10.1 Å². The van der Waals surface area contributed by atoms with E-state index in [-0.39, 0.29) is 24.3 Å². The number of carbonyl (C=O) groups is 1. The number of nitrogens with one attached hydrogen (secondary N) is 1. The van der Waals surface area contributed by atoms with Gasteiger partial charge in [-0.15, -0.1) is 0 Å². The highest BCUT2D eigenvalue weighted by molar-refractivity contribution is 7.91. The zero-order valence-corrected chi connectivity index (χ0v) is 12.8. The molecular formula is C14H18FNO4S. The minimum absolute atomic E-state index is 0.0939. The van der Waals surface area contributed by atoms with Crippen LogP contribution in [0.25, 0.3) is 0 Å². The Bertz CT molecular complexity index is 623. The summed E-state index contributed by atoms with van der Waals surface area (Å²) < 4.78 is 41.4. The van der Waals surface area contributed by atoms with Crippen molar-refractivity contribution < 1.29 is 22.3 Å². The molecule has 7 heteroatoms. The number of esters is 1. The van der Waals surface area contributed by atoms with E-state index in [0.29, 0.717) is 11.3 Å². The van der Waals surface area contributed by atoms with Crippen LogP contribution in [0.15, 0.2) is 18.2 Å². The van der Waals surface area contributed by atoms with Crippen LogP contribution in [-0.4, -0.2) is 38.5 Å². The SMILES string of the molecule is COC(=O)C1(Nc2cc(C)cc(F)c2)CCS(=O)(=O)CC1. The van der Waals surface area contributed by atoms with E-state index >= 15 is 0 Å². The van der Waals surface area contributed by atoms with Gasteiger partial charge in [0, 0.05) is 5.69 Å². The zero-order valence-electron chi connectivity index (χ0n) is 12.0. The Morgan fingerprint density at radius 3 is 2.43 bits per heavy atom. The number of halogens is 1. The highest BCUT2D eigenvalue weighted by Crippen LogP contribution is 2.30. The van der Waals surface area contributed by atoms with Gasteiger partial charge in [-0.05, 0) is 43.5 Å². The fourth-order valence-corrected chi connectivity index (χ4v) is 4.07. The second-order valence-corrected chi connectivity index (χ2v) is 7.67. The Morgan fingerprint density at radius 1 is 1.29 bits per heavy atom. The van der Waals surface area contributed by atoms with E-state index in [1.54, 1.807) is 13.0 Å². The maximum Gasteiger partial charge on any atom is 0.331 e. The number of methoxy groups -OCH3 is 1. The lowest BCUT2D eigenvalue weighted by Gasteiger charge is -2.36. The monoisotopic (exact) mass is 315 g/mol. The van der Waals surface area contributed by atoms with Crippen LogP contribution in [0.5, 0.6) is 0 Å². The standard InChI is InChI=1S/C14H18FNO4S/c1-10-7-11(15)9-12(8-10)16-14(13(17)20-2)3-5-21(18,19)6-4-14/h7-9,16H,3-6H2,1-2H3. The molecular weight excluding hydrogens is 297 g/mol. The summed E-state index contributed by atoms with van der Waals surface area (Å²) in [7, 11) is -1.87. The second kappa shape index (κ2) is 5.63. The molecule has 0 aromatic heterocycles. The molecule has 1 N–H and O–H groups in total. The minimum Gasteiger partial charge on any atom is -0.467 e. The molecule has 0 spiro atoms. The van der Waals surface area contributed by atoms with Crippen LogP contribution in [0, 0.1) is 12.7 Å². The van der Waals surface area contributed by atoms with Gasteiger partial charge in [-0.25, -0.2) is 17.6 Å². The summed E-state index contributed by atoms with van der Waals surface area (Å²) in [4.78, 5) is 12.1. The van der Waals surface area contributed by atoms with E-state index in [0.717, 1.165) is 0 Å². The molecule has 1 aliphatic rings. The topological polar surface area (TPSA) is 72.5 Å². The van der Waals surface area contributed by atoms with Crippen LogP contribution in [0.2, 0.25) is 0 Å². The molecule has 0 radical (unpaired) electrons. The molecule has 1 fully saturated rings. The number of benzene rings is 1. The summed E-state index contributed by atoms with van der Waals surface area (Å²) in [6, 6.07) is 4.36. The Morgan fingerprint density at radius 2 is 1.90 bits per heavy atom. The van der Waals surface area contributed by atoms with Gasteiger partial charge in [-0.3, -0.25) is 0 Å². The first-order valence-electron chi connectivity index (χ1n) is 6.61. The number of hydrogen-bond donors (Lipinski definition) is 1. The van der Waals surface area contributed by atoms with E-state index < -0.39 is 27.2 Å². The fraction of sp³-hybridized carbons (Fsp3) is 0.500. The van der Waals surface area contributed by atoms with Crippen LogP contribution in [0.4, 0.5) is 10.1 Å². The molecule has 116 valence electrons. The molecule has 5 nitrogen and oxygen atoms in total. The zero-order chi connectivity index (χ0) is 15.7. The highest BCUT2D eigenvalue weighted by Gasteiger charge is 2.44. The minimum atomic E-state index is -3.13. The van der Waals surface area contributed by atoms with Crippen molar-refractivity contribution in [3.8, 4) is 0 Å². The molecule has 1 aliphatic heterocycles. The lowest BCUT2D eigenvalue weighted by molar-refractivity contribution is -0.146. The normalized spacial score (nSPS) is 19.8. The number of aryl methyl sites for hydroxylation is 1. The van der Waals surface area contributed by atoms with Gasteiger partial charge in [-0.2, -0.15) is 0 Å². The van der Waals surface area contributed by atoms with Crippen LogP contribution in [0.3, 0.4) is 0 Å². The van der Waals surface area contributed by atoms with Crippen molar-refractivity contribution in [2.24, 2.45) is 0 Å². The summed E-state index contributed by atoms with van der Waals surface area (Å²) in [6.45, 7) is 1.74. The average molecular weight is 315 g/mol. The average Bonchev–Trinajstić information content (AvgIpc) is 2.39. The van der Waals surface area contributed by atoms with Gasteiger partial charge in [0.1, 0.15) is 11.4 Å². The molecule has 1 saturated heterocycles. The van der Waals surface area contributed by atoms with E-state index in [9.17, 15) is 17.6 Å². The summed E-state index contributed by atoms with van der Waals surface area (Å²) in [5.41, 5.74) is 0.0264. The number of carbonyl (C=O) groups excluding carboxylic acids is 1. The van der Waals surface area contributed by atoms with Crippen molar-refractivity contribution in [1.29, 1.82) is 0 Å². The number of anilines is 1. The molecule has 21 heavy (non-hydrogen) atoms. The molecule has 0 atom stereocenters. The summed E-state index contributed by atoms with van der Waals surface area (Å²) in [6.07, 6.45) is 0.217. The predicted octanol–water partition coefficient (Wildman–Crippen LogP) is 1.67. The van der Waals surface area contributed by atoms with Crippen molar-refractivity contribution >= 4 is 21.5 Å². The molecule has 1 aromatic carbocycles. The van der Waals surface area contributed by atoms with Crippen LogP contribution >= 0.6 is 0 Å². The Balaban J connectivity index is 2.31. The van der Waals surface area contributed by atoms with Crippen molar-refractivity contribution in [1.82, 2.24) is 0 Å². The molecule has 0 aliphatic carbocycles. The van der Waals surface area contributed by atoms with Gasteiger partial charge in [0.05, 0.1) is 18.6 Å². The summed E-state index contributed by atoms with van der Waals surface area (Å²) >= 11 is 0. The van der Waals surface area contributed by atoms with Gasteiger partial charge in [0.25, 0.3) is 0 Å². The molecule has 1 heterocycles. The molecule has 1 aromatic rings. The second-order valence-electron chi connectivity index (χ2n) is 5.37. The number of ether oxygens (including phenoxy) is 1. The van der Waals surface area contributed by atoms with E-state index in [1.807, 2.05) is 0 Å². The molecule has 0 bridgehead atoms. The third-order valence-electron chi connectivity index (χ3n) is 3.68. The third kappa shape index (κ3) is 3.53. The van der Waals surface area contributed by atoms with Crippen LogP contribution in [0.1, 0.15) is 18.4 Å². The Kier molecular flexibility index (Phi) is 4.22. The lowest BCUT2D eigenvalue weighted by Crippen LogP contribution is -2.52. The summed E-state index contributed by atoms with van der Waals surface area (Å²) in [5.74, 6) is -1.13. The molecule has 0 unspecified atom stereocenters. The van der Waals surface area contributed by atoms with Crippen molar-refractivity contribution in [2.45, 2.75) is 25.3 Å². The smallest absolute Gasteiger partial charge is 0.331 e. The van der Waals surface area contributed by atoms with Crippen LogP contribution in [-0.2, 0) is 19.4 Å². The molecule has 0 amide bonds. The first-order valence-corrected chi connectivity index (χ1v) is 8.43. The van der Waals surface area contributed by atoms with Crippen molar-refractivity contribution in [3.63, 3.8) is 0 Å². The van der Waals surface area contributed by atoms with Gasteiger partial charge in [-0.1, -0.05) is 0 Å². The Hall–Kier alpha value is -1.63. The molecule has 2 rings (SSSR count). The van der Waals surface area contributed by atoms with E-state index in [1.165, 1.54) is 19.2 Å². The largest absolute Gasteiger partial charge is 0.467 e. The first kappa shape index (κ1) is 15.8. The quantitative estimate of drug-likeness (QED) is 0.859. The first-order chi connectivity index (χ1) is 9.76. The van der Waals surface area contributed by atoms with Gasteiger partial charge in [0.15, 0.2) is 9.84 Å². The molecule has 0 saturated carbocycles. The lowest BCUT2D eigenvalue weighted by atomic mass is 9.91. The fourth-order valence-electron chi connectivity index (χ4n) is 2.55. The summed E-state index contributed by atoms with van der Waals surface area (Å²) in [5, 5.41) is 2.99. The maximum atomic E-state index is 13.5. The van der Waals surface area contributed by atoms with E-state index in [4.69, 9.17) is 4.74 Å². The van der Waals surface area contributed by atoms with Gasteiger partial charge >= 0.3 is 5.97 Å². The van der Waals surface area contributed by atoms with Crippen molar-refractivity contribution in [2.75, 3.05) is 23.9 Å². The van der Waals surface area contributed by atoms with E-state index in [2.05, 4.69) is 5.32 Å². The highest BCUT2D eigenvalue weighted by atomic mass is 32.2. The Labute approximate surface area is 123 Å². The van der Waals surface area contributed by atoms with Crippen LogP contribution < -0.4 is 5.32 Å².